The quantitative estimate of drug-likeness (QED) is 0.540. The third-order valence-electron chi connectivity index (χ3n) is 1.99. The van der Waals surface area contributed by atoms with Gasteiger partial charge in [-0.2, -0.15) is 0 Å². The molecule has 0 aliphatic carbocycles. The van der Waals surface area contributed by atoms with E-state index in [-0.39, 0.29) is 30.4 Å². The Hall–Kier alpha value is -1.10. The average Bonchev–Trinajstić information content (AvgIpc) is 2.07. The molecule has 14 heavy (non-hydrogen) atoms. The molecule has 0 unspecified atom stereocenters. The Morgan fingerprint density at radius 1 is 1.71 bits per heavy atom. The van der Waals surface area contributed by atoms with Gasteiger partial charge in [0.25, 0.3) is 5.91 Å². The van der Waals surface area contributed by atoms with Crippen molar-refractivity contribution in [3.8, 4) is 0 Å². The van der Waals surface area contributed by atoms with Crippen LogP contribution in [0, 0.1) is 0 Å². The molecule has 0 saturated carbocycles. The maximum absolute atomic E-state index is 11.3. The standard InChI is InChI=1S/C9H16N2O3/c1-6(2)14-8(12)5-7-9(13)11-4-3-10-7/h6-7,10H,3-5H2,1-2H3,(H,11,13)/p+1/t7-/m1/s1. The minimum absolute atomic E-state index is 0.0723. The molecule has 0 bridgehead atoms. The zero-order valence-corrected chi connectivity index (χ0v) is 8.58. The summed E-state index contributed by atoms with van der Waals surface area (Å²) in [6, 6.07) is -0.310. The molecule has 5 heteroatoms. The molecule has 1 fully saturated rings. The lowest BCUT2D eigenvalue weighted by molar-refractivity contribution is -0.678. The van der Waals surface area contributed by atoms with Gasteiger partial charge in [0, 0.05) is 0 Å². The number of amides is 1. The van der Waals surface area contributed by atoms with Crippen molar-refractivity contribution < 1.29 is 19.6 Å². The Bertz CT molecular complexity index is 228. The van der Waals surface area contributed by atoms with E-state index in [9.17, 15) is 9.59 Å². The van der Waals surface area contributed by atoms with Crippen molar-refractivity contribution in [1.82, 2.24) is 5.32 Å². The Balaban J connectivity index is 2.34. The van der Waals surface area contributed by atoms with Crippen LogP contribution in [0.3, 0.4) is 0 Å². The van der Waals surface area contributed by atoms with Gasteiger partial charge in [-0.25, -0.2) is 0 Å². The number of carbonyl (C=O) groups is 2. The maximum Gasteiger partial charge on any atom is 0.312 e. The van der Waals surface area contributed by atoms with Crippen LogP contribution < -0.4 is 10.6 Å². The minimum atomic E-state index is -0.310. The van der Waals surface area contributed by atoms with Crippen LogP contribution in [0.2, 0.25) is 0 Å². The Labute approximate surface area is 83.2 Å². The number of ether oxygens (including phenoxy) is 1. The van der Waals surface area contributed by atoms with E-state index in [2.05, 4.69) is 5.32 Å². The lowest BCUT2D eigenvalue weighted by atomic mass is 10.1. The van der Waals surface area contributed by atoms with E-state index in [1.807, 2.05) is 5.32 Å². The largest absolute Gasteiger partial charge is 0.463 e. The van der Waals surface area contributed by atoms with E-state index < -0.39 is 0 Å². The van der Waals surface area contributed by atoms with E-state index in [4.69, 9.17) is 4.74 Å². The Morgan fingerprint density at radius 3 is 3.00 bits per heavy atom. The molecule has 3 N–H and O–H groups in total. The second-order valence-corrected chi connectivity index (χ2v) is 3.66. The molecule has 1 aliphatic heterocycles. The predicted molar refractivity (Wildman–Crippen MR) is 49.4 cm³/mol. The summed E-state index contributed by atoms with van der Waals surface area (Å²) >= 11 is 0. The molecular formula is C9H17N2O3+. The molecule has 80 valence electrons. The lowest BCUT2D eigenvalue weighted by Gasteiger charge is -2.19. The zero-order chi connectivity index (χ0) is 10.6. The smallest absolute Gasteiger partial charge is 0.312 e. The second-order valence-electron chi connectivity index (χ2n) is 3.66. The van der Waals surface area contributed by atoms with Crippen LogP contribution >= 0.6 is 0 Å². The molecule has 0 aromatic heterocycles. The van der Waals surface area contributed by atoms with Crippen LogP contribution in [0.5, 0.6) is 0 Å². The number of nitrogens with two attached hydrogens (primary N) is 1. The molecule has 5 nitrogen and oxygen atoms in total. The van der Waals surface area contributed by atoms with Gasteiger partial charge in [-0.1, -0.05) is 0 Å². The van der Waals surface area contributed by atoms with Crippen LogP contribution in [0.4, 0.5) is 0 Å². The van der Waals surface area contributed by atoms with Crippen molar-refractivity contribution in [3.05, 3.63) is 0 Å². The first-order valence-electron chi connectivity index (χ1n) is 4.90. The Kier molecular flexibility index (Phi) is 3.88. The first-order valence-corrected chi connectivity index (χ1v) is 4.90. The third-order valence-corrected chi connectivity index (χ3v) is 1.99. The highest BCUT2D eigenvalue weighted by molar-refractivity contribution is 5.85. The van der Waals surface area contributed by atoms with E-state index in [1.54, 1.807) is 13.8 Å². The highest BCUT2D eigenvalue weighted by atomic mass is 16.5. The van der Waals surface area contributed by atoms with Gasteiger partial charge >= 0.3 is 5.97 Å². The first-order chi connectivity index (χ1) is 6.59. The predicted octanol–water partition coefficient (Wildman–Crippen LogP) is -1.61. The summed E-state index contributed by atoms with van der Waals surface area (Å²) in [5.41, 5.74) is 0. The summed E-state index contributed by atoms with van der Waals surface area (Å²) in [4.78, 5) is 22.5. The average molecular weight is 201 g/mol. The lowest BCUT2D eigenvalue weighted by Crippen LogP contribution is -2.96. The summed E-state index contributed by atoms with van der Waals surface area (Å²) in [5.74, 6) is -0.379. The molecular weight excluding hydrogens is 184 g/mol. The number of hydrogen-bond acceptors (Lipinski definition) is 3. The number of hydrogen-bond donors (Lipinski definition) is 2. The van der Waals surface area contributed by atoms with Crippen molar-refractivity contribution in [2.75, 3.05) is 13.1 Å². The van der Waals surface area contributed by atoms with Crippen molar-refractivity contribution in [1.29, 1.82) is 0 Å². The summed E-state index contributed by atoms with van der Waals surface area (Å²) < 4.78 is 4.96. The number of carbonyl (C=O) groups excluding carboxylic acids is 2. The van der Waals surface area contributed by atoms with E-state index >= 15 is 0 Å². The van der Waals surface area contributed by atoms with Gasteiger partial charge in [-0.15, -0.1) is 0 Å². The highest BCUT2D eigenvalue weighted by Crippen LogP contribution is 1.96. The van der Waals surface area contributed by atoms with Crippen molar-refractivity contribution in [2.24, 2.45) is 0 Å². The SMILES string of the molecule is CC(C)OC(=O)C[C@H]1[NH2+]CCNC1=O. The van der Waals surface area contributed by atoms with Crippen LogP contribution in [-0.4, -0.2) is 37.1 Å². The van der Waals surface area contributed by atoms with E-state index in [1.165, 1.54) is 0 Å². The van der Waals surface area contributed by atoms with Crippen molar-refractivity contribution in [2.45, 2.75) is 32.4 Å². The third kappa shape index (κ3) is 3.33. The summed E-state index contributed by atoms with van der Waals surface area (Å²) in [5, 5.41) is 4.59. The zero-order valence-electron chi connectivity index (χ0n) is 8.58. The van der Waals surface area contributed by atoms with Crippen LogP contribution in [0.1, 0.15) is 20.3 Å². The van der Waals surface area contributed by atoms with Gasteiger partial charge in [0.05, 0.1) is 19.2 Å². The topological polar surface area (TPSA) is 72.0 Å². The first kappa shape index (κ1) is 11.0. The summed E-state index contributed by atoms with van der Waals surface area (Å²) in [6.07, 6.45) is 0.0402. The van der Waals surface area contributed by atoms with Gasteiger partial charge in [0.15, 0.2) is 6.04 Å². The molecule has 0 aromatic rings. The summed E-state index contributed by atoms with van der Waals surface area (Å²) in [6.45, 7) is 5.09. The maximum atomic E-state index is 11.3. The molecule has 0 spiro atoms. The molecule has 1 saturated heterocycles. The van der Waals surface area contributed by atoms with Crippen molar-refractivity contribution in [3.63, 3.8) is 0 Å². The molecule has 1 atom stereocenters. The molecule has 1 rings (SSSR count). The van der Waals surface area contributed by atoms with Gasteiger partial charge in [0.1, 0.15) is 6.42 Å². The van der Waals surface area contributed by atoms with Crippen LogP contribution in [0.25, 0.3) is 0 Å². The summed E-state index contributed by atoms with van der Waals surface area (Å²) in [7, 11) is 0. The fraction of sp³-hybridized carbons (Fsp3) is 0.778. The molecule has 0 radical (unpaired) electrons. The normalized spacial score (nSPS) is 21.9. The van der Waals surface area contributed by atoms with E-state index in [0.29, 0.717) is 6.54 Å². The fourth-order valence-corrected chi connectivity index (χ4v) is 1.38. The highest BCUT2D eigenvalue weighted by Gasteiger charge is 2.28. The number of rotatable bonds is 3. The number of nitrogens with one attached hydrogen (secondary N) is 1. The second kappa shape index (κ2) is 4.95. The minimum Gasteiger partial charge on any atom is -0.463 e. The van der Waals surface area contributed by atoms with Gasteiger partial charge in [0.2, 0.25) is 0 Å². The molecule has 1 amide bonds. The fourth-order valence-electron chi connectivity index (χ4n) is 1.38. The molecule has 1 aliphatic rings. The monoisotopic (exact) mass is 201 g/mol. The van der Waals surface area contributed by atoms with Crippen LogP contribution in [-0.2, 0) is 14.3 Å². The molecule has 1 heterocycles. The number of esters is 1. The number of piperazine rings is 1. The van der Waals surface area contributed by atoms with Crippen LogP contribution in [0.15, 0.2) is 0 Å². The van der Waals surface area contributed by atoms with Gasteiger partial charge < -0.3 is 15.4 Å². The Morgan fingerprint density at radius 2 is 2.43 bits per heavy atom. The van der Waals surface area contributed by atoms with Crippen molar-refractivity contribution >= 4 is 11.9 Å². The van der Waals surface area contributed by atoms with Gasteiger partial charge in [-0.05, 0) is 13.8 Å². The van der Waals surface area contributed by atoms with E-state index in [0.717, 1.165) is 6.54 Å². The molecule has 0 aromatic carbocycles. The van der Waals surface area contributed by atoms with Gasteiger partial charge in [-0.3, -0.25) is 9.59 Å². The number of quaternary nitrogens is 1.